The van der Waals surface area contributed by atoms with Crippen molar-refractivity contribution in [2.75, 3.05) is 13.2 Å². The highest BCUT2D eigenvalue weighted by Gasteiger charge is 2.17. The standard InChI is InChI=1S/C10H13NO3/c12-10(9-4-2-6-14-9)11-7-8-3-1-5-13-8/h2,4,6,8H,1,3,5,7H2,(H,11,12)/t8-/m0/s1. The van der Waals surface area contributed by atoms with Gasteiger partial charge in [-0.2, -0.15) is 0 Å². The zero-order valence-corrected chi connectivity index (χ0v) is 7.86. The molecule has 2 heterocycles. The van der Waals surface area contributed by atoms with E-state index in [1.807, 2.05) is 0 Å². The molecule has 0 radical (unpaired) electrons. The first-order valence-electron chi connectivity index (χ1n) is 4.79. The molecule has 14 heavy (non-hydrogen) atoms. The Bertz CT molecular complexity index is 288. The fraction of sp³-hybridized carbons (Fsp3) is 0.500. The van der Waals surface area contributed by atoms with Crippen LogP contribution in [-0.4, -0.2) is 25.2 Å². The smallest absolute Gasteiger partial charge is 0.287 e. The zero-order chi connectivity index (χ0) is 9.80. The topological polar surface area (TPSA) is 51.5 Å². The minimum Gasteiger partial charge on any atom is -0.459 e. The monoisotopic (exact) mass is 195 g/mol. The fourth-order valence-electron chi connectivity index (χ4n) is 1.51. The van der Waals surface area contributed by atoms with Crippen molar-refractivity contribution in [2.24, 2.45) is 0 Å². The van der Waals surface area contributed by atoms with Gasteiger partial charge in [-0.1, -0.05) is 0 Å². The van der Waals surface area contributed by atoms with Gasteiger partial charge in [-0.05, 0) is 25.0 Å². The van der Waals surface area contributed by atoms with Crippen LogP contribution in [0.15, 0.2) is 22.8 Å². The Morgan fingerprint density at radius 2 is 2.57 bits per heavy atom. The molecule has 2 rings (SSSR count). The Kier molecular flexibility index (Phi) is 2.84. The van der Waals surface area contributed by atoms with Gasteiger partial charge < -0.3 is 14.5 Å². The van der Waals surface area contributed by atoms with E-state index < -0.39 is 0 Å². The molecule has 1 aromatic heterocycles. The van der Waals surface area contributed by atoms with Crippen LogP contribution in [0.25, 0.3) is 0 Å². The number of furan rings is 1. The molecule has 1 N–H and O–H groups in total. The van der Waals surface area contributed by atoms with Crippen molar-refractivity contribution in [3.05, 3.63) is 24.2 Å². The molecule has 1 aliphatic heterocycles. The highest BCUT2D eigenvalue weighted by Crippen LogP contribution is 2.10. The Labute approximate surface area is 82.2 Å². The maximum atomic E-state index is 11.4. The van der Waals surface area contributed by atoms with Crippen LogP contribution < -0.4 is 5.32 Å². The van der Waals surface area contributed by atoms with Crippen molar-refractivity contribution in [3.8, 4) is 0 Å². The summed E-state index contributed by atoms with van der Waals surface area (Å²) in [5, 5.41) is 2.77. The predicted molar refractivity (Wildman–Crippen MR) is 50.0 cm³/mol. The van der Waals surface area contributed by atoms with Gasteiger partial charge in [0.15, 0.2) is 5.76 Å². The lowest BCUT2D eigenvalue weighted by atomic mass is 10.2. The molecule has 1 fully saturated rings. The summed E-state index contributed by atoms with van der Waals surface area (Å²) in [6, 6.07) is 3.34. The maximum absolute atomic E-state index is 11.4. The Morgan fingerprint density at radius 1 is 1.64 bits per heavy atom. The molecule has 4 heteroatoms. The Hall–Kier alpha value is -1.29. The number of nitrogens with one attached hydrogen (secondary N) is 1. The molecule has 0 unspecified atom stereocenters. The molecule has 0 bridgehead atoms. The molecule has 1 aliphatic rings. The highest BCUT2D eigenvalue weighted by atomic mass is 16.5. The van der Waals surface area contributed by atoms with Crippen molar-refractivity contribution in [1.29, 1.82) is 0 Å². The Balaban J connectivity index is 1.78. The fourth-order valence-corrected chi connectivity index (χ4v) is 1.51. The van der Waals surface area contributed by atoms with Gasteiger partial charge in [0, 0.05) is 13.2 Å². The van der Waals surface area contributed by atoms with Crippen LogP contribution >= 0.6 is 0 Å². The van der Waals surface area contributed by atoms with Crippen molar-refractivity contribution >= 4 is 5.91 Å². The van der Waals surface area contributed by atoms with Gasteiger partial charge in [0.05, 0.1) is 12.4 Å². The Morgan fingerprint density at radius 3 is 3.21 bits per heavy atom. The lowest BCUT2D eigenvalue weighted by Gasteiger charge is -2.09. The van der Waals surface area contributed by atoms with Crippen LogP contribution in [0.4, 0.5) is 0 Å². The number of hydrogen-bond donors (Lipinski definition) is 1. The summed E-state index contributed by atoms with van der Waals surface area (Å²) in [5.41, 5.74) is 0. The zero-order valence-electron chi connectivity index (χ0n) is 7.86. The van der Waals surface area contributed by atoms with E-state index in [1.54, 1.807) is 12.1 Å². The quantitative estimate of drug-likeness (QED) is 0.788. The highest BCUT2D eigenvalue weighted by molar-refractivity contribution is 5.91. The molecule has 0 saturated carbocycles. The van der Waals surface area contributed by atoms with Crippen molar-refractivity contribution in [2.45, 2.75) is 18.9 Å². The molecule has 1 amide bonds. The summed E-state index contributed by atoms with van der Waals surface area (Å²) in [4.78, 5) is 11.4. The van der Waals surface area contributed by atoms with E-state index in [4.69, 9.17) is 9.15 Å². The van der Waals surface area contributed by atoms with E-state index in [2.05, 4.69) is 5.32 Å². The van der Waals surface area contributed by atoms with E-state index in [1.165, 1.54) is 6.26 Å². The van der Waals surface area contributed by atoms with Crippen molar-refractivity contribution in [3.63, 3.8) is 0 Å². The molecule has 0 spiro atoms. The van der Waals surface area contributed by atoms with Crippen molar-refractivity contribution < 1.29 is 13.9 Å². The number of hydrogen-bond acceptors (Lipinski definition) is 3. The molecule has 1 atom stereocenters. The average molecular weight is 195 g/mol. The van der Waals surface area contributed by atoms with Gasteiger partial charge in [-0.15, -0.1) is 0 Å². The third-order valence-corrected chi connectivity index (χ3v) is 2.26. The van der Waals surface area contributed by atoms with Gasteiger partial charge >= 0.3 is 0 Å². The third kappa shape index (κ3) is 2.14. The van der Waals surface area contributed by atoms with Crippen LogP contribution in [0.3, 0.4) is 0 Å². The summed E-state index contributed by atoms with van der Waals surface area (Å²) < 4.78 is 10.3. The second-order valence-corrected chi connectivity index (χ2v) is 3.32. The van der Waals surface area contributed by atoms with Gasteiger partial charge in [0.2, 0.25) is 0 Å². The largest absolute Gasteiger partial charge is 0.459 e. The van der Waals surface area contributed by atoms with Gasteiger partial charge in [0.25, 0.3) is 5.91 Å². The first kappa shape index (κ1) is 9.27. The lowest BCUT2D eigenvalue weighted by Crippen LogP contribution is -2.31. The van der Waals surface area contributed by atoms with Crippen LogP contribution in [0, 0.1) is 0 Å². The van der Waals surface area contributed by atoms with Crippen molar-refractivity contribution in [1.82, 2.24) is 5.32 Å². The summed E-state index contributed by atoms with van der Waals surface area (Å²) in [6.45, 7) is 1.38. The van der Waals surface area contributed by atoms with Crippen LogP contribution in [0.2, 0.25) is 0 Å². The maximum Gasteiger partial charge on any atom is 0.287 e. The van der Waals surface area contributed by atoms with E-state index in [0.29, 0.717) is 12.3 Å². The van der Waals surface area contributed by atoms with Crippen LogP contribution in [0.1, 0.15) is 23.4 Å². The minimum absolute atomic E-state index is 0.175. The second-order valence-electron chi connectivity index (χ2n) is 3.32. The third-order valence-electron chi connectivity index (χ3n) is 2.26. The van der Waals surface area contributed by atoms with Gasteiger partial charge in [0.1, 0.15) is 0 Å². The van der Waals surface area contributed by atoms with Crippen LogP contribution in [-0.2, 0) is 4.74 Å². The van der Waals surface area contributed by atoms with Gasteiger partial charge in [-0.3, -0.25) is 4.79 Å². The molecule has 76 valence electrons. The summed E-state index contributed by atoms with van der Waals surface area (Å²) >= 11 is 0. The molecule has 4 nitrogen and oxygen atoms in total. The van der Waals surface area contributed by atoms with E-state index in [9.17, 15) is 4.79 Å². The number of ether oxygens (including phenoxy) is 1. The van der Waals surface area contributed by atoms with E-state index in [-0.39, 0.29) is 12.0 Å². The van der Waals surface area contributed by atoms with E-state index in [0.717, 1.165) is 19.4 Å². The molecule has 0 aliphatic carbocycles. The van der Waals surface area contributed by atoms with Crippen LogP contribution in [0.5, 0.6) is 0 Å². The number of amides is 1. The SMILES string of the molecule is O=C(NC[C@@H]1CCCO1)c1ccco1. The van der Waals surface area contributed by atoms with Gasteiger partial charge in [-0.25, -0.2) is 0 Å². The molecular formula is C10H13NO3. The summed E-state index contributed by atoms with van der Waals surface area (Å²) in [6.07, 6.45) is 3.77. The second kappa shape index (κ2) is 4.28. The summed E-state index contributed by atoms with van der Waals surface area (Å²) in [5.74, 6) is 0.175. The molecular weight excluding hydrogens is 182 g/mol. The molecule has 1 aromatic rings. The van der Waals surface area contributed by atoms with E-state index >= 15 is 0 Å². The number of rotatable bonds is 3. The first-order chi connectivity index (χ1) is 6.86. The molecule has 1 saturated heterocycles. The average Bonchev–Trinajstić information content (AvgIpc) is 2.87. The normalized spacial score (nSPS) is 21.0. The number of carbonyl (C=O) groups excluding carboxylic acids is 1. The first-order valence-corrected chi connectivity index (χ1v) is 4.79. The minimum atomic E-state index is -0.175. The summed E-state index contributed by atoms with van der Waals surface area (Å²) in [7, 11) is 0. The molecule has 0 aromatic carbocycles. The lowest BCUT2D eigenvalue weighted by molar-refractivity contribution is 0.0835. The number of carbonyl (C=O) groups is 1. The predicted octanol–water partition coefficient (Wildman–Crippen LogP) is 1.19.